The van der Waals surface area contributed by atoms with Crippen LogP contribution in [0.3, 0.4) is 0 Å². The average Bonchev–Trinajstić information content (AvgIpc) is 3.26. The molecule has 1 aromatic rings. The number of amides is 3. The maximum absolute atomic E-state index is 13.0. The van der Waals surface area contributed by atoms with Crippen molar-refractivity contribution in [2.75, 3.05) is 11.9 Å². The van der Waals surface area contributed by atoms with Crippen molar-refractivity contribution in [3.05, 3.63) is 29.8 Å². The minimum absolute atomic E-state index is 0.348. The number of hydrogen-bond acceptors (Lipinski definition) is 8. The Hall–Kier alpha value is -2.57. The lowest BCUT2D eigenvalue weighted by Crippen LogP contribution is -2.60. The van der Waals surface area contributed by atoms with Gasteiger partial charge in [-0.25, -0.2) is 0 Å². The van der Waals surface area contributed by atoms with Crippen molar-refractivity contribution in [2.45, 2.75) is 89.9 Å². The maximum Gasteiger partial charge on any atom is 0.252 e. The number of nitrogens with one attached hydrogen (secondary N) is 3. The minimum Gasteiger partial charge on any atom is -0.345 e. The SMILES string of the molecule is Cc1ccc(NC(=O)C(C)NC(=O)CNC(=O)C2OC3OC(C)(C)OC3C3OC(C)(C)OC23)cc1. The quantitative estimate of drug-likeness (QED) is 0.536. The fraction of sp³-hybridized carbons (Fsp3) is 0.625. The van der Waals surface area contributed by atoms with E-state index in [9.17, 15) is 14.4 Å². The first-order chi connectivity index (χ1) is 16.3. The van der Waals surface area contributed by atoms with Crippen molar-refractivity contribution in [1.82, 2.24) is 10.6 Å². The molecular formula is C24H33N3O8. The molecular weight excluding hydrogens is 458 g/mol. The van der Waals surface area contributed by atoms with E-state index in [0.29, 0.717) is 5.69 Å². The zero-order valence-corrected chi connectivity index (χ0v) is 20.7. The Morgan fingerprint density at radius 2 is 1.51 bits per heavy atom. The van der Waals surface area contributed by atoms with Crippen LogP contribution in [0.1, 0.15) is 40.2 Å². The van der Waals surface area contributed by atoms with E-state index in [1.165, 1.54) is 0 Å². The fourth-order valence-corrected chi connectivity index (χ4v) is 4.34. The van der Waals surface area contributed by atoms with E-state index in [0.717, 1.165) is 5.56 Å². The van der Waals surface area contributed by atoms with Gasteiger partial charge in [-0.3, -0.25) is 14.4 Å². The van der Waals surface area contributed by atoms with Crippen LogP contribution in [0.4, 0.5) is 5.69 Å². The van der Waals surface area contributed by atoms with Crippen molar-refractivity contribution in [1.29, 1.82) is 0 Å². The van der Waals surface area contributed by atoms with E-state index in [4.69, 9.17) is 23.7 Å². The van der Waals surface area contributed by atoms with Crippen LogP contribution in [-0.4, -0.2) is 72.6 Å². The third-order valence-corrected chi connectivity index (χ3v) is 5.93. The summed E-state index contributed by atoms with van der Waals surface area (Å²) < 4.78 is 29.5. The topological polar surface area (TPSA) is 133 Å². The van der Waals surface area contributed by atoms with Crippen LogP contribution >= 0.6 is 0 Å². The van der Waals surface area contributed by atoms with Gasteiger partial charge in [0.2, 0.25) is 11.8 Å². The van der Waals surface area contributed by atoms with Crippen LogP contribution in [0, 0.1) is 6.92 Å². The van der Waals surface area contributed by atoms with Crippen molar-refractivity contribution < 1.29 is 38.1 Å². The lowest BCUT2D eigenvalue weighted by molar-refractivity contribution is -0.231. The summed E-state index contributed by atoms with van der Waals surface area (Å²) in [5.74, 6) is -3.31. The molecule has 0 spiro atoms. The molecule has 0 aromatic heterocycles. The number of carbonyl (C=O) groups excluding carboxylic acids is 3. The van der Waals surface area contributed by atoms with Crippen LogP contribution in [-0.2, 0) is 38.1 Å². The minimum atomic E-state index is -1.07. The number of ether oxygens (including phenoxy) is 5. The van der Waals surface area contributed by atoms with Gasteiger partial charge in [0.05, 0.1) is 6.54 Å². The first-order valence-electron chi connectivity index (χ1n) is 11.6. The highest BCUT2D eigenvalue weighted by molar-refractivity contribution is 5.97. The highest BCUT2D eigenvalue weighted by Gasteiger charge is 2.62. The average molecular weight is 492 g/mol. The van der Waals surface area contributed by atoms with Gasteiger partial charge in [0.1, 0.15) is 24.4 Å². The van der Waals surface area contributed by atoms with Crippen LogP contribution < -0.4 is 16.0 Å². The molecule has 3 aliphatic heterocycles. The largest absolute Gasteiger partial charge is 0.345 e. The van der Waals surface area contributed by atoms with Crippen molar-refractivity contribution in [2.24, 2.45) is 0 Å². The predicted molar refractivity (Wildman–Crippen MR) is 123 cm³/mol. The lowest BCUT2D eigenvalue weighted by Gasteiger charge is -2.36. The summed E-state index contributed by atoms with van der Waals surface area (Å²) in [5, 5.41) is 7.86. The molecule has 3 heterocycles. The molecule has 1 aromatic carbocycles. The molecule has 192 valence electrons. The Balaban J connectivity index is 1.31. The van der Waals surface area contributed by atoms with Crippen LogP contribution in [0.2, 0.25) is 0 Å². The molecule has 0 bridgehead atoms. The number of rotatable bonds is 6. The van der Waals surface area contributed by atoms with Gasteiger partial charge in [-0.15, -0.1) is 0 Å². The van der Waals surface area contributed by atoms with Gasteiger partial charge >= 0.3 is 0 Å². The van der Waals surface area contributed by atoms with Gasteiger partial charge in [-0.2, -0.15) is 0 Å². The molecule has 35 heavy (non-hydrogen) atoms. The molecule has 0 aliphatic carbocycles. The number of aryl methyl sites for hydroxylation is 1. The molecule has 3 aliphatic rings. The van der Waals surface area contributed by atoms with E-state index in [1.54, 1.807) is 46.8 Å². The van der Waals surface area contributed by atoms with E-state index in [2.05, 4.69) is 16.0 Å². The number of anilines is 1. The van der Waals surface area contributed by atoms with Gasteiger partial charge in [0.25, 0.3) is 5.91 Å². The first-order valence-corrected chi connectivity index (χ1v) is 11.6. The third-order valence-electron chi connectivity index (χ3n) is 5.93. The molecule has 4 rings (SSSR count). The molecule has 6 unspecified atom stereocenters. The second-order valence-corrected chi connectivity index (χ2v) is 9.95. The Morgan fingerprint density at radius 3 is 2.20 bits per heavy atom. The molecule has 3 N–H and O–H groups in total. The molecule has 3 amide bonds. The summed E-state index contributed by atoms with van der Waals surface area (Å²) in [5.41, 5.74) is 1.69. The number of hydrogen-bond donors (Lipinski definition) is 3. The van der Waals surface area contributed by atoms with Crippen LogP contribution in [0.25, 0.3) is 0 Å². The van der Waals surface area contributed by atoms with Crippen molar-refractivity contribution in [3.63, 3.8) is 0 Å². The lowest BCUT2D eigenvalue weighted by atomic mass is 9.98. The zero-order chi connectivity index (χ0) is 25.5. The normalized spacial score (nSPS) is 31.1. The highest BCUT2D eigenvalue weighted by Crippen LogP contribution is 2.44. The van der Waals surface area contributed by atoms with E-state index >= 15 is 0 Å². The Kier molecular flexibility index (Phi) is 6.91. The number of fused-ring (bicyclic) bond motifs is 3. The summed E-state index contributed by atoms with van der Waals surface area (Å²) in [6, 6.07) is 6.49. The summed E-state index contributed by atoms with van der Waals surface area (Å²) in [6.07, 6.45) is -3.78. The molecule has 3 saturated heterocycles. The summed E-state index contributed by atoms with van der Waals surface area (Å²) in [6.45, 7) is 10.1. The fourth-order valence-electron chi connectivity index (χ4n) is 4.34. The smallest absolute Gasteiger partial charge is 0.252 e. The number of benzene rings is 1. The van der Waals surface area contributed by atoms with Crippen molar-refractivity contribution >= 4 is 23.4 Å². The molecule has 0 saturated carbocycles. The third kappa shape index (κ3) is 5.81. The van der Waals surface area contributed by atoms with E-state index in [-0.39, 0.29) is 12.5 Å². The molecule has 11 heteroatoms. The zero-order valence-electron chi connectivity index (χ0n) is 20.7. The standard InChI is InChI=1S/C24H33N3O8/c1-12-7-9-14(10-8-12)27-20(29)13(2)26-15(28)11-25-21(30)18-16-17(33-23(3,4)32-16)19-22(31-18)35-24(5,6)34-19/h7-10,13,16-19,22H,11H2,1-6H3,(H,25,30)(H,26,28)(H,27,29). The first kappa shape index (κ1) is 25.5. The van der Waals surface area contributed by atoms with E-state index < -0.39 is 60.1 Å². The molecule has 6 atom stereocenters. The highest BCUT2D eigenvalue weighted by atomic mass is 16.9. The van der Waals surface area contributed by atoms with Gasteiger partial charge in [-0.05, 0) is 53.7 Å². The summed E-state index contributed by atoms with van der Waals surface area (Å²) >= 11 is 0. The second kappa shape index (κ2) is 9.47. The molecule has 11 nitrogen and oxygen atoms in total. The second-order valence-electron chi connectivity index (χ2n) is 9.95. The number of carbonyl (C=O) groups is 3. The van der Waals surface area contributed by atoms with Crippen LogP contribution in [0.15, 0.2) is 24.3 Å². The van der Waals surface area contributed by atoms with Gasteiger partial charge < -0.3 is 39.6 Å². The summed E-state index contributed by atoms with van der Waals surface area (Å²) in [7, 11) is 0. The Bertz CT molecular complexity index is 979. The van der Waals surface area contributed by atoms with E-state index in [1.807, 2.05) is 19.1 Å². The molecule has 3 fully saturated rings. The molecule has 0 radical (unpaired) electrons. The Morgan fingerprint density at radius 1 is 0.914 bits per heavy atom. The van der Waals surface area contributed by atoms with Crippen LogP contribution in [0.5, 0.6) is 0 Å². The van der Waals surface area contributed by atoms with Crippen molar-refractivity contribution in [3.8, 4) is 0 Å². The maximum atomic E-state index is 13.0. The monoisotopic (exact) mass is 491 g/mol. The Labute approximate surface area is 204 Å². The summed E-state index contributed by atoms with van der Waals surface area (Å²) in [4.78, 5) is 37.7. The predicted octanol–water partition coefficient (Wildman–Crippen LogP) is 0.951. The van der Waals surface area contributed by atoms with Gasteiger partial charge in [0, 0.05) is 5.69 Å². The van der Waals surface area contributed by atoms with Gasteiger partial charge in [-0.1, -0.05) is 17.7 Å². The van der Waals surface area contributed by atoms with Gasteiger partial charge in [0.15, 0.2) is 24.0 Å².